The molecule has 0 amide bonds. The van der Waals surface area contributed by atoms with Crippen LogP contribution in [-0.2, 0) is 24.4 Å². The minimum atomic E-state index is 0.424. The summed E-state index contributed by atoms with van der Waals surface area (Å²) in [7, 11) is 1.67. The van der Waals surface area contributed by atoms with Crippen molar-refractivity contribution in [3.05, 3.63) is 29.6 Å². The molecule has 3 heterocycles. The molecule has 0 spiro atoms. The van der Waals surface area contributed by atoms with Crippen molar-refractivity contribution in [1.82, 2.24) is 35.1 Å². The van der Waals surface area contributed by atoms with Crippen LogP contribution in [0.2, 0.25) is 0 Å². The van der Waals surface area contributed by atoms with Crippen LogP contribution < -0.4 is 0 Å². The molecule has 8 heteroatoms. The van der Waals surface area contributed by atoms with Gasteiger partial charge in [-0.3, -0.25) is 4.90 Å². The predicted octanol–water partition coefficient (Wildman–Crippen LogP) is 1.40. The number of ether oxygens (including phenoxy) is 1. The minimum Gasteiger partial charge on any atom is -0.377 e. The number of hydrogen-bond acceptors (Lipinski definition) is 7. The zero-order valence-corrected chi connectivity index (χ0v) is 14.4. The van der Waals surface area contributed by atoms with E-state index in [1.165, 1.54) is 0 Å². The lowest BCUT2D eigenvalue weighted by Gasteiger charge is -2.32. The molecular weight excluding hydrogens is 306 g/mol. The average Bonchev–Trinajstić information content (AvgIpc) is 3.03. The number of hydrogen-bond donors (Lipinski definition) is 0. The molecule has 0 bridgehead atoms. The zero-order chi connectivity index (χ0) is 16.8. The van der Waals surface area contributed by atoms with Gasteiger partial charge in [0.1, 0.15) is 6.61 Å². The SMILES string of the molecule is CCCn1nnnc1CN1CCC[C@@H](c2ccnc(COC)n2)C1. The maximum absolute atomic E-state index is 5.14. The Balaban J connectivity index is 1.65. The summed E-state index contributed by atoms with van der Waals surface area (Å²) in [6.45, 7) is 6.30. The molecule has 0 radical (unpaired) electrons. The molecule has 1 aliphatic heterocycles. The summed E-state index contributed by atoms with van der Waals surface area (Å²) in [6.07, 6.45) is 5.17. The maximum Gasteiger partial charge on any atom is 0.165 e. The average molecular weight is 331 g/mol. The molecule has 2 aromatic heterocycles. The predicted molar refractivity (Wildman–Crippen MR) is 88.1 cm³/mol. The van der Waals surface area contributed by atoms with Crippen LogP contribution in [0.5, 0.6) is 0 Å². The molecular formula is C16H25N7O. The first-order valence-electron chi connectivity index (χ1n) is 8.58. The van der Waals surface area contributed by atoms with Crippen molar-refractivity contribution in [3.63, 3.8) is 0 Å². The van der Waals surface area contributed by atoms with Gasteiger partial charge in [-0.25, -0.2) is 14.6 Å². The number of aromatic nitrogens is 6. The summed E-state index contributed by atoms with van der Waals surface area (Å²) < 4.78 is 7.05. The zero-order valence-electron chi connectivity index (χ0n) is 14.4. The van der Waals surface area contributed by atoms with Crippen LogP contribution in [0.25, 0.3) is 0 Å². The number of nitrogens with zero attached hydrogens (tertiary/aromatic N) is 7. The van der Waals surface area contributed by atoms with E-state index in [9.17, 15) is 0 Å². The van der Waals surface area contributed by atoms with Gasteiger partial charge >= 0.3 is 0 Å². The third-order valence-corrected chi connectivity index (χ3v) is 4.33. The molecule has 8 nitrogen and oxygen atoms in total. The number of tetrazole rings is 1. The topological polar surface area (TPSA) is 81.9 Å². The lowest BCUT2D eigenvalue weighted by Crippen LogP contribution is -2.35. The molecule has 0 saturated carbocycles. The van der Waals surface area contributed by atoms with Crippen LogP contribution in [0.1, 0.15) is 49.4 Å². The molecule has 0 unspecified atom stereocenters. The second-order valence-electron chi connectivity index (χ2n) is 6.22. The Kier molecular flexibility index (Phi) is 5.81. The Morgan fingerprint density at radius 3 is 3.12 bits per heavy atom. The summed E-state index contributed by atoms with van der Waals surface area (Å²) >= 11 is 0. The first-order valence-corrected chi connectivity index (χ1v) is 8.58. The highest BCUT2D eigenvalue weighted by atomic mass is 16.5. The third kappa shape index (κ3) is 4.12. The fourth-order valence-corrected chi connectivity index (χ4v) is 3.20. The first-order chi connectivity index (χ1) is 11.8. The van der Waals surface area contributed by atoms with Gasteiger partial charge in [0.25, 0.3) is 0 Å². The van der Waals surface area contributed by atoms with Crippen LogP contribution in [0.4, 0.5) is 0 Å². The van der Waals surface area contributed by atoms with E-state index < -0.39 is 0 Å². The molecule has 1 aliphatic rings. The van der Waals surface area contributed by atoms with Gasteiger partial charge in [-0.1, -0.05) is 6.92 Å². The molecule has 130 valence electrons. The van der Waals surface area contributed by atoms with Crippen LogP contribution >= 0.6 is 0 Å². The maximum atomic E-state index is 5.14. The molecule has 2 aromatic rings. The standard InChI is InChI=1S/C16H25N7O/c1-3-8-23-16(19-20-21-23)11-22-9-4-5-13(10-22)14-6-7-17-15(18-14)12-24-2/h6-7,13H,3-5,8-12H2,1-2H3/t13-/m1/s1. The number of piperidine rings is 1. The van der Waals surface area contributed by atoms with Gasteiger partial charge in [0, 0.05) is 38.0 Å². The van der Waals surface area contributed by atoms with Gasteiger partial charge in [0.05, 0.1) is 6.54 Å². The van der Waals surface area contributed by atoms with Gasteiger partial charge in [-0.05, 0) is 42.3 Å². The van der Waals surface area contributed by atoms with Gasteiger partial charge < -0.3 is 4.74 Å². The van der Waals surface area contributed by atoms with Crippen molar-refractivity contribution in [2.75, 3.05) is 20.2 Å². The molecule has 0 N–H and O–H groups in total. The lowest BCUT2D eigenvalue weighted by molar-refractivity contribution is 0.175. The summed E-state index contributed by atoms with van der Waals surface area (Å²) in [6, 6.07) is 2.02. The van der Waals surface area contributed by atoms with E-state index in [-0.39, 0.29) is 0 Å². The number of aryl methyl sites for hydroxylation is 1. The summed E-state index contributed by atoms with van der Waals surface area (Å²) in [5, 5.41) is 12.1. The van der Waals surface area contributed by atoms with Crippen molar-refractivity contribution in [1.29, 1.82) is 0 Å². The first kappa shape index (κ1) is 16.9. The number of methoxy groups -OCH3 is 1. The van der Waals surface area contributed by atoms with Crippen molar-refractivity contribution < 1.29 is 4.74 Å². The van der Waals surface area contributed by atoms with Crippen LogP contribution in [-0.4, -0.2) is 55.3 Å². The lowest BCUT2D eigenvalue weighted by atomic mass is 9.94. The molecule has 3 rings (SSSR count). The van der Waals surface area contributed by atoms with Gasteiger partial charge in [-0.15, -0.1) is 5.10 Å². The molecule has 0 aromatic carbocycles. The Morgan fingerprint density at radius 1 is 1.38 bits per heavy atom. The van der Waals surface area contributed by atoms with E-state index in [4.69, 9.17) is 4.74 Å². The highest BCUT2D eigenvalue weighted by Crippen LogP contribution is 2.26. The second-order valence-corrected chi connectivity index (χ2v) is 6.22. The highest BCUT2D eigenvalue weighted by Gasteiger charge is 2.24. The van der Waals surface area contributed by atoms with E-state index in [1.54, 1.807) is 7.11 Å². The highest BCUT2D eigenvalue weighted by molar-refractivity contribution is 5.10. The third-order valence-electron chi connectivity index (χ3n) is 4.33. The van der Waals surface area contributed by atoms with Gasteiger partial charge in [0.2, 0.25) is 0 Å². The molecule has 1 fully saturated rings. The Labute approximate surface area is 142 Å². The van der Waals surface area contributed by atoms with Crippen LogP contribution in [0.3, 0.4) is 0 Å². The summed E-state index contributed by atoms with van der Waals surface area (Å²) in [4.78, 5) is 11.3. The van der Waals surface area contributed by atoms with Crippen LogP contribution in [0, 0.1) is 0 Å². The second kappa shape index (κ2) is 8.25. The number of likely N-dealkylation sites (tertiary alicyclic amines) is 1. The fraction of sp³-hybridized carbons (Fsp3) is 0.688. The quantitative estimate of drug-likeness (QED) is 0.758. The van der Waals surface area contributed by atoms with Gasteiger partial charge in [0.15, 0.2) is 11.6 Å². The van der Waals surface area contributed by atoms with E-state index in [2.05, 4.69) is 37.3 Å². The van der Waals surface area contributed by atoms with Crippen molar-refractivity contribution >= 4 is 0 Å². The minimum absolute atomic E-state index is 0.424. The molecule has 1 saturated heterocycles. The molecule has 0 aliphatic carbocycles. The Bertz CT molecular complexity index is 645. The summed E-state index contributed by atoms with van der Waals surface area (Å²) in [5.74, 6) is 2.12. The Morgan fingerprint density at radius 2 is 2.29 bits per heavy atom. The van der Waals surface area contributed by atoms with Crippen molar-refractivity contribution in [2.45, 2.75) is 51.8 Å². The number of rotatable bonds is 7. The van der Waals surface area contributed by atoms with E-state index in [0.717, 1.165) is 62.8 Å². The fourth-order valence-electron chi connectivity index (χ4n) is 3.20. The van der Waals surface area contributed by atoms with E-state index in [1.807, 2.05) is 16.9 Å². The Hall–Kier alpha value is -1.93. The van der Waals surface area contributed by atoms with Gasteiger partial charge in [-0.2, -0.15) is 0 Å². The van der Waals surface area contributed by atoms with Crippen LogP contribution in [0.15, 0.2) is 12.3 Å². The largest absolute Gasteiger partial charge is 0.377 e. The van der Waals surface area contributed by atoms with E-state index in [0.29, 0.717) is 12.5 Å². The molecule has 24 heavy (non-hydrogen) atoms. The monoisotopic (exact) mass is 331 g/mol. The van der Waals surface area contributed by atoms with Crippen molar-refractivity contribution in [2.24, 2.45) is 0 Å². The summed E-state index contributed by atoms with van der Waals surface area (Å²) in [5.41, 5.74) is 1.11. The normalized spacial score (nSPS) is 18.8. The molecule has 1 atom stereocenters. The van der Waals surface area contributed by atoms with E-state index >= 15 is 0 Å². The smallest absolute Gasteiger partial charge is 0.165 e. The van der Waals surface area contributed by atoms with Crippen molar-refractivity contribution in [3.8, 4) is 0 Å².